The highest BCUT2D eigenvalue weighted by atomic mass is 35.5. The number of amides is 2. The molecule has 0 spiro atoms. The minimum atomic E-state index is -3.96. The minimum absolute atomic E-state index is 0.00289. The van der Waals surface area contributed by atoms with Crippen molar-refractivity contribution in [3.63, 3.8) is 0 Å². The van der Waals surface area contributed by atoms with Crippen LogP contribution in [0.25, 0.3) is 0 Å². The first-order valence-corrected chi connectivity index (χ1v) is 12.3. The van der Waals surface area contributed by atoms with E-state index in [-0.39, 0.29) is 23.4 Å². The van der Waals surface area contributed by atoms with E-state index in [1.165, 1.54) is 60.5 Å². The van der Waals surface area contributed by atoms with Crippen molar-refractivity contribution in [3.8, 4) is 0 Å². The van der Waals surface area contributed by atoms with Crippen LogP contribution >= 0.6 is 11.6 Å². The molecule has 0 saturated carbocycles. The quantitative estimate of drug-likeness (QED) is 0.545. The predicted molar refractivity (Wildman–Crippen MR) is 126 cm³/mol. The summed E-state index contributed by atoms with van der Waals surface area (Å²) in [5.74, 6) is -1.31. The van der Waals surface area contributed by atoms with Gasteiger partial charge in [-0.15, -0.1) is 0 Å². The molecule has 33 heavy (non-hydrogen) atoms. The Morgan fingerprint density at radius 3 is 2.15 bits per heavy atom. The molecular weight excluding hydrogens is 469 g/mol. The maximum Gasteiger partial charge on any atom is 0.243 e. The Kier molecular flexibility index (Phi) is 9.39. The first kappa shape index (κ1) is 26.8. The maximum absolute atomic E-state index is 13.3. The van der Waals surface area contributed by atoms with E-state index in [4.69, 9.17) is 11.6 Å². The fourth-order valence-corrected chi connectivity index (χ4v) is 4.49. The summed E-state index contributed by atoms with van der Waals surface area (Å²) in [4.78, 5) is 27.4. The van der Waals surface area contributed by atoms with Crippen molar-refractivity contribution in [1.29, 1.82) is 0 Å². The zero-order valence-electron chi connectivity index (χ0n) is 19.1. The van der Waals surface area contributed by atoms with Crippen molar-refractivity contribution in [1.82, 2.24) is 14.5 Å². The van der Waals surface area contributed by atoms with E-state index in [1.807, 2.05) is 13.8 Å². The number of halogens is 2. The van der Waals surface area contributed by atoms with E-state index < -0.39 is 34.3 Å². The lowest BCUT2D eigenvalue weighted by Gasteiger charge is -2.32. The maximum atomic E-state index is 13.3. The van der Waals surface area contributed by atoms with Gasteiger partial charge in [0.05, 0.1) is 11.4 Å². The first-order valence-electron chi connectivity index (χ1n) is 10.5. The molecule has 2 aromatic carbocycles. The largest absolute Gasteiger partial charge is 0.352 e. The van der Waals surface area contributed by atoms with Gasteiger partial charge < -0.3 is 10.2 Å². The summed E-state index contributed by atoms with van der Waals surface area (Å²) in [7, 11) is -2.66. The Labute approximate surface area is 199 Å². The van der Waals surface area contributed by atoms with E-state index in [0.29, 0.717) is 17.0 Å². The lowest BCUT2D eigenvalue weighted by Crippen LogP contribution is -2.52. The number of hydrogen-bond donors (Lipinski definition) is 1. The van der Waals surface area contributed by atoms with Crippen LogP contribution in [-0.2, 0) is 26.2 Å². The highest BCUT2D eigenvalue weighted by Crippen LogP contribution is 2.19. The summed E-state index contributed by atoms with van der Waals surface area (Å²) in [5, 5.41) is 3.19. The number of hydrogen-bond acceptors (Lipinski definition) is 4. The number of rotatable bonds is 10. The monoisotopic (exact) mass is 497 g/mol. The second kappa shape index (κ2) is 11.6. The molecule has 2 amide bonds. The lowest BCUT2D eigenvalue weighted by molar-refractivity contribution is -0.141. The molecule has 0 aliphatic heterocycles. The summed E-state index contributed by atoms with van der Waals surface area (Å²) < 4.78 is 40.1. The van der Waals surface area contributed by atoms with Gasteiger partial charge in [0.1, 0.15) is 11.9 Å². The van der Waals surface area contributed by atoms with Crippen molar-refractivity contribution in [2.75, 3.05) is 13.6 Å². The average molecular weight is 498 g/mol. The van der Waals surface area contributed by atoms with Gasteiger partial charge in [0.15, 0.2) is 0 Å². The van der Waals surface area contributed by atoms with Gasteiger partial charge in [0.2, 0.25) is 21.8 Å². The molecule has 0 aliphatic rings. The SMILES string of the molecule is CC[C@@H](C(=O)NC(C)C)N(Cc1ccc(F)cc1)C(=O)CN(C)S(=O)(=O)c1ccc(Cl)cc1. The second-order valence-electron chi connectivity index (χ2n) is 7.95. The van der Waals surface area contributed by atoms with Crippen LogP contribution in [0.2, 0.25) is 5.02 Å². The normalized spacial score (nSPS) is 12.6. The van der Waals surface area contributed by atoms with Crippen LogP contribution in [0.4, 0.5) is 4.39 Å². The minimum Gasteiger partial charge on any atom is -0.352 e. The Bertz CT molecular complexity index is 1060. The number of carbonyl (C=O) groups is 2. The fourth-order valence-electron chi connectivity index (χ4n) is 3.24. The third-order valence-corrected chi connectivity index (χ3v) is 7.03. The number of benzene rings is 2. The molecule has 180 valence electrons. The second-order valence-corrected chi connectivity index (χ2v) is 10.4. The van der Waals surface area contributed by atoms with Gasteiger partial charge >= 0.3 is 0 Å². The fraction of sp³-hybridized carbons (Fsp3) is 0.391. The number of nitrogens with one attached hydrogen (secondary N) is 1. The lowest BCUT2D eigenvalue weighted by atomic mass is 10.1. The van der Waals surface area contributed by atoms with Crippen LogP contribution in [0.5, 0.6) is 0 Å². The molecule has 1 N–H and O–H groups in total. The van der Waals surface area contributed by atoms with Crippen LogP contribution in [0, 0.1) is 5.82 Å². The van der Waals surface area contributed by atoms with Gasteiger partial charge in [-0.2, -0.15) is 4.31 Å². The van der Waals surface area contributed by atoms with Crippen molar-refractivity contribution in [2.24, 2.45) is 0 Å². The van der Waals surface area contributed by atoms with Gasteiger partial charge in [-0.3, -0.25) is 9.59 Å². The predicted octanol–water partition coefficient (Wildman–Crippen LogP) is 3.43. The number of carbonyl (C=O) groups excluding carboxylic acids is 2. The first-order chi connectivity index (χ1) is 15.4. The zero-order valence-corrected chi connectivity index (χ0v) is 20.7. The van der Waals surface area contributed by atoms with Crippen LogP contribution in [0.1, 0.15) is 32.8 Å². The molecule has 2 aromatic rings. The molecule has 0 fully saturated rings. The van der Waals surface area contributed by atoms with Crippen molar-refractivity contribution >= 4 is 33.4 Å². The molecule has 2 rings (SSSR count). The zero-order chi connectivity index (χ0) is 24.8. The van der Waals surface area contributed by atoms with Gasteiger partial charge in [-0.1, -0.05) is 30.7 Å². The van der Waals surface area contributed by atoms with Gasteiger partial charge in [-0.25, -0.2) is 12.8 Å². The van der Waals surface area contributed by atoms with E-state index in [9.17, 15) is 22.4 Å². The summed E-state index contributed by atoms with van der Waals surface area (Å²) in [5.41, 5.74) is 0.615. The van der Waals surface area contributed by atoms with Crippen molar-refractivity contribution in [3.05, 3.63) is 64.9 Å². The molecular formula is C23H29ClFN3O4S. The van der Waals surface area contributed by atoms with E-state index in [0.717, 1.165) is 4.31 Å². The molecule has 0 bridgehead atoms. The number of likely N-dealkylation sites (N-methyl/N-ethyl adjacent to an activating group) is 1. The topological polar surface area (TPSA) is 86.8 Å². The summed E-state index contributed by atoms with van der Waals surface area (Å²) in [6.45, 7) is 4.94. The highest BCUT2D eigenvalue weighted by molar-refractivity contribution is 7.89. The van der Waals surface area contributed by atoms with Gasteiger partial charge in [-0.05, 0) is 62.2 Å². The average Bonchev–Trinajstić information content (AvgIpc) is 2.74. The molecule has 1 atom stereocenters. The summed E-state index contributed by atoms with van der Waals surface area (Å²) in [6, 6.07) is 10.3. The Hall–Kier alpha value is -2.49. The Morgan fingerprint density at radius 2 is 1.64 bits per heavy atom. The third kappa shape index (κ3) is 7.25. The van der Waals surface area contributed by atoms with Crippen molar-refractivity contribution in [2.45, 2.75) is 50.7 Å². The molecule has 7 nitrogen and oxygen atoms in total. The molecule has 0 unspecified atom stereocenters. The van der Waals surface area contributed by atoms with E-state index >= 15 is 0 Å². The number of sulfonamides is 1. The van der Waals surface area contributed by atoms with Crippen LogP contribution < -0.4 is 5.32 Å². The molecule has 0 saturated heterocycles. The molecule has 0 radical (unpaired) electrons. The van der Waals surface area contributed by atoms with E-state index in [1.54, 1.807) is 6.92 Å². The summed E-state index contributed by atoms with van der Waals surface area (Å²) in [6.07, 6.45) is 0.319. The van der Waals surface area contributed by atoms with Gasteiger partial charge in [0, 0.05) is 24.7 Å². The van der Waals surface area contributed by atoms with Crippen LogP contribution in [0.15, 0.2) is 53.4 Å². The summed E-state index contributed by atoms with van der Waals surface area (Å²) >= 11 is 5.84. The highest BCUT2D eigenvalue weighted by Gasteiger charge is 2.32. The Balaban J connectivity index is 2.31. The van der Waals surface area contributed by atoms with Crippen LogP contribution in [0.3, 0.4) is 0 Å². The number of nitrogens with zero attached hydrogens (tertiary/aromatic N) is 2. The molecule has 10 heteroatoms. The van der Waals surface area contributed by atoms with Crippen molar-refractivity contribution < 1.29 is 22.4 Å². The van der Waals surface area contributed by atoms with Gasteiger partial charge in [0.25, 0.3) is 0 Å². The standard InChI is InChI=1S/C23H29ClFN3O4S/c1-5-21(23(30)26-16(2)3)28(14-17-6-10-19(25)11-7-17)22(29)15-27(4)33(31,32)20-12-8-18(24)9-13-20/h6-13,16,21H,5,14-15H2,1-4H3,(H,26,30)/t21-/m0/s1. The third-order valence-electron chi connectivity index (χ3n) is 4.96. The molecule has 0 aliphatic carbocycles. The Morgan fingerprint density at radius 1 is 1.06 bits per heavy atom. The van der Waals surface area contributed by atoms with Crippen LogP contribution in [-0.4, -0.2) is 55.1 Å². The molecule has 0 heterocycles. The smallest absolute Gasteiger partial charge is 0.243 e. The molecule has 0 aromatic heterocycles. The van der Waals surface area contributed by atoms with E-state index in [2.05, 4.69) is 5.32 Å².